The summed E-state index contributed by atoms with van der Waals surface area (Å²) < 4.78 is 5.41. The molecule has 0 aliphatic carbocycles. The van der Waals surface area contributed by atoms with Gasteiger partial charge in [0.1, 0.15) is 5.69 Å². The minimum absolute atomic E-state index is 0.0515. The smallest absolute Gasteiger partial charge is 0.274 e. The van der Waals surface area contributed by atoms with E-state index in [2.05, 4.69) is 20.1 Å². The van der Waals surface area contributed by atoms with Crippen LogP contribution in [0.5, 0.6) is 0 Å². The fourth-order valence-corrected chi connectivity index (χ4v) is 2.82. The molecule has 0 spiro atoms. The topological polar surface area (TPSA) is 85.0 Å². The van der Waals surface area contributed by atoms with E-state index in [0.29, 0.717) is 30.5 Å². The van der Waals surface area contributed by atoms with Crippen LogP contribution in [-0.4, -0.2) is 44.0 Å². The number of carbonyl (C=O) groups is 1. The van der Waals surface area contributed by atoms with E-state index < -0.39 is 0 Å². The first-order chi connectivity index (χ1) is 11.8. The van der Waals surface area contributed by atoms with Crippen LogP contribution in [0.2, 0.25) is 0 Å². The Hall–Kier alpha value is -3.09. The van der Waals surface area contributed by atoms with Crippen LogP contribution in [0.3, 0.4) is 0 Å². The van der Waals surface area contributed by atoms with Gasteiger partial charge in [0.25, 0.3) is 5.91 Å². The maximum atomic E-state index is 12.4. The van der Waals surface area contributed by atoms with Gasteiger partial charge in [-0.05, 0) is 6.42 Å². The Kier molecular flexibility index (Phi) is 3.74. The van der Waals surface area contributed by atoms with E-state index >= 15 is 0 Å². The Morgan fingerprint density at radius 2 is 2.08 bits per heavy atom. The molecule has 1 aliphatic rings. The van der Waals surface area contributed by atoms with Gasteiger partial charge in [0.2, 0.25) is 11.7 Å². The van der Waals surface area contributed by atoms with Crippen molar-refractivity contribution in [1.29, 1.82) is 0 Å². The number of aromatic nitrogens is 4. The second kappa shape index (κ2) is 6.19. The normalized spacial score (nSPS) is 17.2. The van der Waals surface area contributed by atoms with Crippen LogP contribution in [0.1, 0.15) is 28.7 Å². The molecule has 0 bridgehead atoms. The molecule has 120 valence electrons. The van der Waals surface area contributed by atoms with Gasteiger partial charge in [0.15, 0.2) is 0 Å². The highest BCUT2D eigenvalue weighted by molar-refractivity contribution is 5.92. The van der Waals surface area contributed by atoms with Crippen molar-refractivity contribution in [2.45, 2.75) is 12.3 Å². The van der Waals surface area contributed by atoms with E-state index in [1.807, 2.05) is 30.3 Å². The zero-order chi connectivity index (χ0) is 16.4. The second-order valence-electron chi connectivity index (χ2n) is 5.65. The molecular weight excluding hydrogens is 306 g/mol. The van der Waals surface area contributed by atoms with Gasteiger partial charge in [-0.15, -0.1) is 0 Å². The maximum absolute atomic E-state index is 12.4. The zero-order valence-corrected chi connectivity index (χ0v) is 12.9. The fourth-order valence-electron chi connectivity index (χ4n) is 2.82. The lowest BCUT2D eigenvalue weighted by Crippen LogP contribution is -2.29. The van der Waals surface area contributed by atoms with Crippen LogP contribution in [0.4, 0.5) is 0 Å². The molecule has 1 saturated heterocycles. The van der Waals surface area contributed by atoms with Gasteiger partial charge in [0, 0.05) is 31.0 Å². The van der Waals surface area contributed by atoms with Gasteiger partial charge < -0.3 is 9.42 Å². The van der Waals surface area contributed by atoms with Gasteiger partial charge in [0.05, 0.1) is 12.1 Å². The van der Waals surface area contributed by atoms with E-state index in [0.717, 1.165) is 12.0 Å². The number of likely N-dealkylation sites (tertiary alicyclic amines) is 1. The lowest BCUT2D eigenvalue weighted by Gasteiger charge is -2.14. The Balaban J connectivity index is 1.48. The molecule has 2 aromatic heterocycles. The Labute approximate surface area is 138 Å². The molecule has 3 aromatic rings. The molecule has 1 atom stereocenters. The summed E-state index contributed by atoms with van der Waals surface area (Å²) in [6, 6.07) is 9.68. The van der Waals surface area contributed by atoms with Crippen LogP contribution >= 0.6 is 0 Å². The van der Waals surface area contributed by atoms with Crippen LogP contribution in [-0.2, 0) is 0 Å². The number of carbonyl (C=O) groups excluding carboxylic acids is 1. The van der Waals surface area contributed by atoms with Crippen LogP contribution in [0, 0.1) is 0 Å². The monoisotopic (exact) mass is 321 g/mol. The van der Waals surface area contributed by atoms with Gasteiger partial charge in [-0.3, -0.25) is 9.78 Å². The number of nitrogens with zero attached hydrogens (tertiary/aromatic N) is 5. The standard InChI is InChI=1S/C17H15N5O2/c23-17(14-10-18-7-8-19-14)22-9-6-13(11-22)16-20-15(21-24-16)12-4-2-1-3-5-12/h1-5,7-8,10,13H,6,9,11H2/t13-/m0/s1. The third-order valence-electron chi connectivity index (χ3n) is 4.08. The molecule has 1 amide bonds. The highest BCUT2D eigenvalue weighted by Crippen LogP contribution is 2.28. The first kappa shape index (κ1) is 14.5. The minimum Gasteiger partial charge on any atom is -0.339 e. The number of rotatable bonds is 3. The summed E-state index contributed by atoms with van der Waals surface area (Å²) in [5.41, 5.74) is 1.27. The van der Waals surface area contributed by atoms with E-state index in [4.69, 9.17) is 4.52 Å². The summed E-state index contributed by atoms with van der Waals surface area (Å²) in [5, 5.41) is 4.05. The highest BCUT2D eigenvalue weighted by atomic mass is 16.5. The summed E-state index contributed by atoms with van der Waals surface area (Å²) in [4.78, 5) is 26.6. The van der Waals surface area contributed by atoms with Crippen LogP contribution in [0.25, 0.3) is 11.4 Å². The van der Waals surface area contributed by atoms with Crippen molar-refractivity contribution in [2.24, 2.45) is 0 Å². The summed E-state index contributed by atoms with van der Waals surface area (Å²) in [7, 11) is 0. The average molecular weight is 321 g/mol. The number of benzene rings is 1. The summed E-state index contributed by atoms with van der Waals surface area (Å²) in [6.45, 7) is 1.19. The molecule has 0 N–H and O–H groups in total. The van der Waals surface area contributed by atoms with Crippen molar-refractivity contribution in [2.75, 3.05) is 13.1 Å². The first-order valence-corrected chi connectivity index (χ1v) is 7.75. The van der Waals surface area contributed by atoms with E-state index in [1.54, 1.807) is 11.1 Å². The SMILES string of the molecule is O=C(c1cnccn1)N1CC[C@H](c2nc(-c3ccccc3)no2)C1. The molecule has 1 aliphatic heterocycles. The molecule has 24 heavy (non-hydrogen) atoms. The number of amides is 1. The third-order valence-corrected chi connectivity index (χ3v) is 4.08. The minimum atomic E-state index is -0.117. The molecular formula is C17H15N5O2. The maximum Gasteiger partial charge on any atom is 0.274 e. The lowest BCUT2D eigenvalue weighted by molar-refractivity contribution is 0.0783. The van der Waals surface area contributed by atoms with Gasteiger partial charge in [-0.25, -0.2) is 4.98 Å². The Morgan fingerprint density at radius 3 is 2.88 bits per heavy atom. The molecule has 0 saturated carbocycles. The van der Waals surface area contributed by atoms with Crippen molar-refractivity contribution in [3.05, 3.63) is 60.5 Å². The molecule has 0 radical (unpaired) electrons. The lowest BCUT2D eigenvalue weighted by atomic mass is 10.1. The number of hydrogen-bond donors (Lipinski definition) is 0. The van der Waals surface area contributed by atoms with E-state index in [-0.39, 0.29) is 11.8 Å². The van der Waals surface area contributed by atoms with Gasteiger partial charge in [-0.1, -0.05) is 35.5 Å². The van der Waals surface area contributed by atoms with Crippen molar-refractivity contribution in [3.63, 3.8) is 0 Å². The van der Waals surface area contributed by atoms with Crippen molar-refractivity contribution >= 4 is 5.91 Å². The van der Waals surface area contributed by atoms with Gasteiger partial charge >= 0.3 is 0 Å². The van der Waals surface area contributed by atoms with Crippen LogP contribution < -0.4 is 0 Å². The molecule has 4 rings (SSSR count). The van der Waals surface area contributed by atoms with E-state index in [9.17, 15) is 4.79 Å². The first-order valence-electron chi connectivity index (χ1n) is 7.75. The fraction of sp³-hybridized carbons (Fsp3) is 0.235. The largest absolute Gasteiger partial charge is 0.339 e. The Morgan fingerprint density at radius 1 is 1.21 bits per heavy atom. The molecule has 1 fully saturated rings. The third kappa shape index (κ3) is 2.76. The van der Waals surface area contributed by atoms with E-state index in [1.165, 1.54) is 12.4 Å². The predicted octanol–water partition coefficient (Wildman–Crippen LogP) is 2.16. The van der Waals surface area contributed by atoms with Crippen molar-refractivity contribution in [3.8, 4) is 11.4 Å². The summed E-state index contributed by atoms with van der Waals surface area (Å²) >= 11 is 0. The molecule has 3 heterocycles. The quantitative estimate of drug-likeness (QED) is 0.735. The second-order valence-corrected chi connectivity index (χ2v) is 5.65. The summed E-state index contributed by atoms with van der Waals surface area (Å²) in [5.74, 6) is 1.08. The number of hydrogen-bond acceptors (Lipinski definition) is 6. The molecule has 0 unspecified atom stereocenters. The predicted molar refractivity (Wildman–Crippen MR) is 85.0 cm³/mol. The van der Waals surface area contributed by atoms with Crippen molar-refractivity contribution in [1.82, 2.24) is 25.0 Å². The van der Waals surface area contributed by atoms with Gasteiger partial charge in [-0.2, -0.15) is 4.98 Å². The molecule has 7 heteroatoms. The Bertz CT molecular complexity index is 834. The molecule has 7 nitrogen and oxygen atoms in total. The van der Waals surface area contributed by atoms with Crippen molar-refractivity contribution < 1.29 is 9.32 Å². The van der Waals surface area contributed by atoms with Crippen LogP contribution in [0.15, 0.2) is 53.4 Å². The highest BCUT2D eigenvalue weighted by Gasteiger charge is 2.32. The zero-order valence-electron chi connectivity index (χ0n) is 12.9. The summed E-state index contributed by atoms with van der Waals surface area (Å²) in [6.07, 6.45) is 5.34. The molecule has 1 aromatic carbocycles. The average Bonchev–Trinajstić information content (AvgIpc) is 3.32.